The molecule has 0 spiro atoms. The lowest BCUT2D eigenvalue weighted by Gasteiger charge is -2.19. The number of amides is 1. The second-order valence-corrected chi connectivity index (χ2v) is 9.34. The van der Waals surface area contributed by atoms with Crippen molar-refractivity contribution in [3.63, 3.8) is 0 Å². The van der Waals surface area contributed by atoms with E-state index < -0.39 is 21.5 Å². The number of nitrogens with zero attached hydrogens (tertiary/aromatic N) is 1. The van der Waals surface area contributed by atoms with Crippen LogP contribution in [0.1, 0.15) is 39.7 Å². The van der Waals surface area contributed by atoms with E-state index in [1.807, 2.05) is 27.7 Å². The second-order valence-electron chi connectivity index (χ2n) is 7.32. The molecular formula is C19H32N4O4S. The number of rotatable bonds is 8. The molecule has 1 rings (SSSR count). The number of carbonyl (C=O) groups is 1. The predicted molar refractivity (Wildman–Crippen MR) is 111 cm³/mol. The lowest BCUT2D eigenvalue weighted by atomic mass is 10.2. The van der Waals surface area contributed by atoms with Crippen LogP contribution in [0.15, 0.2) is 34.2 Å². The molecule has 0 atom stereocenters. The summed E-state index contributed by atoms with van der Waals surface area (Å²) in [6, 6.07) is 6.69. The summed E-state index contributed by atoms with van der Waals surface area (Å²) < 4.78 is 28.2. The number of aliphatic imine (C=N–C) groups is 1. The Morgan fingerprint density at radius 2 is 1.68 bits per heavy atom. The third-order valence-electron chi connectivity index (χ3n) is 3.43. The largest absolute Gasteiger partial charge is 0.444 e. The molecule has 0 aromatic heterocycles. The highest BCUT2D eigenvalue weighted by Crippen LogP contribution is 2.11. The first-order valence-electron chi connectivity index (χ1n) is 9.29. The number of alkyl carbamates (subject to hydrolysis) is 1. The van der Waals surface area contributed by atoms with Gasteiger partial charge in [-0.05, 0) is 51.8 Å². The van der Waals surface area contributed by atoms with Gasteiger partial charge in [0, 0.05) is 25.9 Å². The average Bonchev–Trinajstić information content (AvgIpc) is 2.57. The number of nitrogens with one attached hydrogen (secondary N) is 3. The molecule has 1 amide bonds. The molecule has 0 saturated carbocycles. The number of hydrogen-bond acceptors (Lipinski definition) is 5. The van der Waals surface area contributed by atoms with Gasteiger partial charge in [-0.25, -0.2) is 18.2 Å². The summed E-state index contributed by atoms with van der Waals surface area (Å²) in [6.07, 6.45) is 1.48. The molecule has 0 aliphatic rings. The van der Waals surface area contributed by atoms with Gasteiger partial charge in [0.25, 0.3) is 0 Å². The highest BCUT2D eigenvalue weighted by molar-refractivity contribution is 7.90. The Balaban J connectivity index is 2.44. The molecule has 0 saturated heterocycles. The zero-order valence-electron chi connectivity index (χ0n) is 17.3. The summed E-state index contributed by atoms with van der Waals surface area (Å²) >= 11 is 0. The van der Waals surface area contributed by atoms with Crippen LogP contribution in [-0.4, -0.2) is 52.0 Å². The zero-order chi connectivity index (χ0) is 21.2. The van der Waals surface area contributed by atoms with Gasteiger partial charge in [0.1, 0.15) is 5.60 Å². The number of sulfone groups is 1. The van der Waals surface area contributed by atoms with Crippen LogP contribution in [0.5, 0.6) is 0 Å². The van der Waals surface area contributed by atoms with E-state index in [0.717, 1.165) is 12.1 Å². The fraction of sp³-hybridized carbons (Fsp3) is 0.579. The van der Waals surface area contributed by atoms with E-state index in [0.29, 0.717) is 36.9 Å². The molecule has 3 N–H and O–H groups in total. The maximum atomic E-state index is 11.6. The summed E-state index contributed by atoms with van der Waals surface area (Å²) in [7, 11) is -3.19. The van der Waals surface area contributed by atoms with Gasteiger partial charge in [0.15, 0.2) is 15.8 Å². The van der Waals surface area contributed by atoms with Crippen molar-refractivity contribution < 1.29 is 17.9 Å². The van der Waals surface area contributed by atoms with E-state index in [4.69, 9.17) is 4.74 Å². The summed E-state index contributed by atoms with van der Waals surface area (Å²) in [5, 5.41) is 9.06. The Kier molecular flexibility index (Phi) is 9.24. The quantitative estimate of drug-likeness (QED) is 0.343. The van der Waals surface area contributed by atoms with Gasteiger partial charge in [0.05, 0.1) is 11.4 Å². The van der Waals surface area contributed by atoms with Crippen molar-refractivity contribution in [1.29, 1.82) is 0 Å². The summed E-state index contributed by atoms with van der Waals surface area (Å²) in [4.78, 5) is 16.4. The van der Waals surface area contributed by atoms with E-state index >= 15 is 0 Å². The molecule has 0 radical (unpaired) electrons. The van der Waals surface area contributed by atoms with Crippen LogP contribution >= 0.6 is 0 Å². The van der Waals surface area contributed by atoms with Crippen molar-refractivity contribution in [3.8, 4) is 0 Å². The van der Waals surface area contributed by atoms with Gasteiger partial charge in [-0.3, -0.25) is 0 Å². The number of ether oxygens (including phenoxy) is 1. The Bertz CT molecular complexity index is 753. The van der Waals surface area contributed by atoms with E-state index in [1.165, 1.54) is 6.26 Å². The van der Waals surface area contributed by atoms with Gasteiger partial charge < -0.3 is 20.7 Å². The number of guanidine groups is 1. The Labute approximate surface area is 168 Å². The van der Waals surface area contributed by atoms with Crippen LogP contribution in [0.25, 0.3) is 0 Å². The Hall–Kier alpha value is -2.29. The minimum Gasteiger partial charge on any atom is -0.444 e. The lowest BCUT2D eigenvalue weighted by Crippen LogP contribution is -2.39. The van der Waals surface area contributed by atoms with Gasteiger partial charge in [0.2, 0.25) is 0 Å². The molecule has 9 heteroatoms. The summed E-state index contributed by atoms with van der Waals surface area (Å²) in [5.74, 6) is 0.659. The first-order valence-corrected chi connectivity index (χ1v) is 11.2. The first-order chi connectivity index (χ1) is 13.0. The molecule has 0 unspecified atom stereocenters. The molecule has 158 valence electrons. The maximum Gasteiger partial charge on any atom is 0.407 e. The average molecular weight is 413 g/mol. The van der Waals surface area contributed by atoms with E-state index in [1.54, 1.807) is 24.3 Å². The molecule has 0 bridgehead atoms. The molecule has 1 aromatic rings. The zero-order valence-corrected chi connectivity index (χ0v) is 18.1. The molecule has 0 aliphatic carbocycles. The van der Waals surface area contributed by atoms with Gasteiger partial charge in [-0.1, -0.05) is 12.1 Å². The minimum absolute atomic E-state index is 0.294. The smallest absolute Gasteiger partial charge is 0.407 e. The molecule has 1 aromatic carbocycles. The molecular weight excluding hydrogens is 380 g/mol. The Morgan fingerprint density at radius 1 is 1.07 bits per heavy atom. The first kappa shape index (κ1) is 23.7. The molecule has 8 nitrogen and oxygen atoms in total. The van der Waals surface area contributed by atoms with Crippen molar-refractivity contribution in [3.05, 3.63) is 29.8 Å². The van der Waals surface area contributed by atoms with Crippen LogP contribution in [0.3, 0.4) is 0 Å². The highest BCUT2D eigenvalue weighted by Gasteiger charge is 2.15. The second kappa shape index (κ2) is 10.9. The third-order valence-corrected chi connectivity index (χ3v) is 4.56. The van der Waals surface area contributed by atoms with Crippen molar-refractivity contribution >= 4 is 21.9 Å². The van der Waals surface area contributed by atoms with E-state index in [2.05, 4.69) is 20.9 Å². The van der Waals surface area contributed by atoms with Crippen molar-refractivity contribution in [2.45, 2.75) is 51.2 Å². The minimum atomic E-state index is -3.19. The van der Waals surface area contributed by atoms with Crippen LogP contribution < -0.4 is 16.0 Å². The third kappa shape index (κ3) is 10.1. The van der Waals surface area contributed by atoms with Crippen LogP contribution in [0.4, 0.5) is 4.79 Å². The lowest BCUT2D eigenvalue weighted by molar-refractivity contribution is 0.0527. The monoisotopic (exact) mass is 412 g/mol. The van der Waals surface area contributed by atoms with Crippen LogP contribution in [0.2, 0.25) is 0 Å². The number of hydrogen-bond donors (Lipinski definition) is 3. The predicted octanol–water partition coefficient (Wildman–Crippen LogP) is 2.06. The normalized spacial score (nSPS) is 12.4. The summed E-state index contributed by atoms with van der Waals surface area (Å²) in [5.41, 5.74) is 0.406. The standard InChI is InChI=1S/C19H32N4O4S/c1-6-20-17(21-12-7-13-22-18(24)27-19(2,3)4)23-14-15-8-10-16(11-9-15)28(5,25)26/h8-11H,6-7,12-14H2,1-5H3,(H,22,24)(H2,20,21,23). The SMILES string of the molecule is CCNC(=NCc1ccc(S(C)(=O)=O)cc1)NCCCNC(=O)OC(C)(C)C. The highest BCUT2D eigenvalue weighted by atomic mass is 32.2. The van der Waals surface area contributed by atoms with E-state index in [9.17, 15) is 13.2 Å². The van der Waals surface area contributed by atoms with Crippen molar-refractivity contribution in [2.24, 2.45) is 4.99 Å². The molecule has 0 heterocycles. The Morgan fingerprint density at radius 3 is 2.21 bits per heavy atom. The fourth-order valence-electron chi connectivity index (χ4n) is 2.15. The molecule has 0 aliphatic heterocycles. The van der Waals surface area contributed by atoms with Crippen molar-refractivity contribution in [1.82, 2.24) is 16.0 Å². The van der Waals surface area contributed by atoms with Crippen LogP contribution in [0, 0.1) is 0 Å². The summed E-state index contributed by atoms with van der Waals surface area (Å²) in [6.45, 7) is 9.71. The van der Waals surface area contributed by atoms with E-state index in [-0.39, 0.29) is 0 Å². The number of carbonyl (C=O) groups excluding carboxylic acids is 1. The van der Waals surface area contributed by atoms with Crippen molar-refractivity contribution in [2.75, 3.05) is 25.9 Å². The van der Waals surface area contributed by atoms with Gasteiger partial charge in [-0.2, -0.15) is 0 Å². The maximum absolute atomic E-state index is 11.6. The van der Waals surface area contributed by atoms with Gasteiger partial charge >= 0.3 is 6.09 Å². The molecule has 28 heavy (non-hydrogen) atoms. The topological polar surface area (TPSA) is 109 Å². The molecule has 0 fully saturated rings. The van der Waals surface area contributed by atoms with Crippen LogP contribution in [-0.2, 0) is 21.1 Å². The van der Waals surface area contributed by atoms with Gasteiger partial charge in [-0.15, -0.1) is 0 Å². The number of benzene rings is 1. The fourth-order valence-corrected chi connectivity index (χ4v) is 2.78.